The Labute approximate surface area is 275 Å². The summed E-state index contributed by atoms with van der Waals surface area (Å²) in [7, 11) is 0. The van der Waals surface area contributed by atoms with Crippen LogP contribution in [0.1, 0.15) is 67.2 Å². The lowest BCUT2D eigenvalue weighted by Crippen LogP contribution is -2.48. The van der Waals surface area contributed by atoms with Crippen LogP contribution in [0.5, 0.6) is 5.88 Å². The molecule has 3 aliphatic heterocycles. The van der Waals surface area contributed by atoms with Gasteiger partial charge in [-0.15, -0.1) is 0 Å². The van der Waals surface area contributed by atoms with E-state index in [0.29, 0.717) is 30.1 Å². The number of piperidine rings is 1. The molecule has 2 saturated heterocycles. The number of anilines is 2. The third-order valence-corrected chi connectivity index (χ3v) is 8.59. The van der Waals surface area contributed by atoms with Crippen LogP contribution >= 0.6 is 0 Å². The summed E-state index contributed by atoms with van der Waals surface area (Å²) < 4.78 is 31.6. The minimum Gasteiger partial charge on any atom is -0.473 e. The van der Waals surface area contributed by atoms with Crippen molar-refractivity contribution in [2.45, 2.75) is 70.8 Å². The number of carbonyl (C=O) groups excluding carboxylic acids is 1. The van der Waals surface area contributed by atoms with E-state index in [1.165, 1.54) is 11.6 Å². The average Bonchev–Trinajstić information content (AvgIpc) is 3.02. The van der Waals surface area contributed by atoms with Crippen molar-refractivity contribution in [1.82, 2.24) is 9.97 Å². The number of hydrogen-bond acceptors (Lipinski definition) is 9. The highest BCUT2D eigenvalue weighted by Gasteiger charge is 2.34. The number of carbonyl (C=O) groups is 1. The highest BCUT2D eigenvalue weighted by atomic mass is 19.1. The Bertz CT molecular complexity index is 1730. The fourth-order valence-corrected chi connectivity index (χ4v) is 6.02. The molecule has 10 heteroatoms. The molecule has 6 rings (SSSR count). The van der Waals surface area contributed by atoms with Gasteiger partial charge >= 0.3 is 5.97 Å². The standard InChI is InChI=1S/C37H40FN5O4/c1-24-18-27-10-11-31(36(44)47-37(2,3)4)40-35(27)43(22-29-14-17-45-29)32(24)20-25-12-15-42(16-13-25)33-6-5-7-34(41-33)46-23-28-9-8-26(21-39)19-30(28)38/h5-11,19-20,29,32H,1,12-18,22-23H2,2-4H3/t29-,32?/m0/s1. The smallest absolute Gasteiger partial charge is 0.357 e. The number of halogens is 1. The molecule has 0 radical (unpaired) electrons. The number of rotatable bonds is 8. The first-order valence-corrected chi connectivity index (χ1v) is 16.1. The van der Waals surface area contributed by atoms with Gasteiger partial charge in [0, 0.05) is 37.9 Å². The fourth-order valence-electron chi connectivity index (χ4n) is 6.02. The second kappa shape index (κ2) is 13.5. The Morgan fingerprint density at radius 1 is 1.17 bits per heavy atom. The van der Waals surface area contributed by atoms with E-state index in [0.717, 1.165) is 61.7 Å². The van der Waals surface area contributed by atoms with Crippen LogP contribution in [0.4, 0.5) is 16.0 Å². The molecule has 3 aliphatic rings. The molecule has 9 nitrogen and oxygen atoms in total. The summed E-state index contributed by atoms with van der Waals surface area (Å²) in [5.41, 5.74) is 3.79. The number of esters is 1. The van der Waals surface area contributed by atoms with Crippen LogP contribution in [0.15, 0.2) is 72.3 Å². The topological polar surface area (TPSA) is 101 Å². The van der Waals surface area contributed by atoms with Crippen molar-refractivity contribution in [3.63, 3.8) is 0 Å². The van der Waals surface area contributed by atoms with E-state index in [2.05, 4.69) is 27.4 Å². The van der Waals surface area contributed by atoms with Gasteiger partial charge in [0.15, 0.2) is 5.69 Å². The van der Waals surface area contributed by atoms with Crippen molar-refractivity contribution in [2.75, 3.05) is 36.0 Å². The zero-order valence-corrected chi connectivity index (χ0v) is 27.2. The second-order valence-electron chi connectivity index (χ2n) is 13.2. The molecule has 0 saturated carbocycles. The average molecular weight is 638 g/mol. The van der Waals surface area contributed by atoms with Crippen LogP contribution in [-0.2, 0) is 22.5 Å². The van der Waals surface area contributed by atoms with Gasteiger partial charge in [0.25, 0.3) is 0 Å². The zero-order valence-electron chi connectivity index (χ0n) is 27.2. The molecule has 47 heavy (non-hydrogen) atoms. The van der Waals surface area contributed by atoms with E-state index in [1.54, 1.807) is 24.3 Å². The van der Waals surface area contributed by atoms with Gasteiger partial charge in [-0.05, 0) is 81.9 Å². The Morgan fingerprint density at radius 2 is 1.96 bits per heavy atom. The predicted octanol–water partition coefficient (Wildman–Crippen LogP) is 6.32. The number of ether oxygens (including phenoxy) is 3. The molecule has 5 heterocycles. The van der Waals surface area contributed by atoms with E-state index in [9.17, 15) is 9.18 Å². The molecule has 2 fully saturated rings. The van der Waals surface area contributed by atoms with Crippen LogP contribution in [0, 0.1) is 17.1 Å². The van der Waals surface area contributed by atoms with Crippen LogP contribution in [0.2, 0.25) is 0 Å². The van der Waals surface area contributed by atoms with Crippen molar-refractivity contribution in [2.24, 2.45) is 0 Å². The third kappa shape index (κ3) is 7.63. The zero-order chi connectivity index (χ0) is 33.1. The molecular formula is C37H40FN5O4. The van der Waals surface area contributed by atoms with Crippen molar-refractivity contribution < 1.29 is 23.4 Å². The van der Waals surface area contributed by atoms with Crippen molar-refractivity contribution >= 4 is 17.6 Å². The van der Waals surface area contributed by atoms with Crippen LogP contribution in [0.3, 0.4) is 0 Å². The van der Waals surface area contributed by atoms with Gasteiger partial charge < -0.3 is 24.0 Å². The lowest BCUT2D eigenvalue weighted by Gasteiger charge is -2.42. The highest BCUT2D eigenvalue weighted by molar-refractivity contribution is 5.88. The summed E-state index contributed by atoms with van der Waals surface area (Å²) in [4.78, 5) is 26.9. The minimum absolute atomic E-state index is 0.0196. The lowest BCUT2D eigenvalue weighted by atomic mass is 9.90. The van der Waals surface area contributed by atoms with Gasteiger partial charge in [0.2, 0.25) is 5.88 Å². The number of nitrogens with zero attached hydrogens (tertiary/aromatic N) is 5. The van der Waals surface area contributed by atoms with E-state index in [1.807, 2.05) is 45.0 Å². The first-order valence-electron chi connectivity index (χ1n) is 16.1. The normalized spacial score (nSPS) is 19.4. The maximum atomic E-state index is 14.3. The maximum absolute atomic E-state index is 14.3. The second-order valence-corrected chi connectivity index (χ2v) is 13.2. The molecule has 1 aromatic carbocycles. The molecule has 0 N–H and O–H groups in total. The van der Waals surface area contributed by atoms with E-state index < -0.39 is 17.4 Å². The van der Waals surface area contributed by atoms with Gasteiger partial charge in [-0.1, -0.05) is 36.4 Å². The number of hydrogen-bond donors (Lipinski definition) is 0. The first-order chi connectivity index (χ1) is 22.6. The quantitative estimate of drug-likeness (QED) is 0.207. The molecule has 1 unspecified atom stereocenters. The maximum Gasteiger partial charge on any atom is 0.357 e. The monoisotopic (exact) mass is 637 g/mol. The lowest BCUT2D eigenvalue weighted by molar-refractivity contribution is -0.0449. The number of pyridine rings is 2. The molecule has 0 amide bonds. The Balaban J connectivity index is 1.14. The number of benzene rings is 1. The van der Waals surface area contributed by atoms with E-state index in [-0.39, 0.29) is 24.3 Å². The summed E-state index contributed by atoms with van der Waals surface area (Å²) in [6, 6.07) is 15.5. The molecule has 0 bridgehead atoms. The first kappa shape index (κ1) is 32.2. The number of aromatic nitrogens is 2. The van der Waals surface area contributed by atoms with Gasteiger partial charge in [0.1, 0.15) is 29.7 Å². The van der Waals surface area contributed by atoms with E-state index in [4.69, 9.17) is 24.5 Å². The Morgan fingerprint density at radius 3 is 2.64 bits per heavy atom. The van der Waals surface area contributed by atoms with Crippen LogP contribution in [-0.4, -0.2) is 59.9 Å². The molecular weight excluding hydrogens is 597 g/mol. The van der Waals surface area contributed by atoms with Crippen molar-refractivity contribution in [3.8, 4) is 11.9 Å². The highest BCUT2D eigenvalue weighted by Crippen LogP contribution is 2.36. The third-order valence-electron chi connectivity index (χ3n) is 8.59. The van der Waals surface area contributed by atoms with Gasteiger partial charge in [0.05, 0.1) is 23.8 Å². The molecule has 0 aliphatic carbocycles. The summed E-state index contributed by atoms with van der Waals surface area (Å²) in [6.45, 7) is 13.0. The molecule has 2 atom stereocenters. The molecule has 3 aromatic rings. The van der Waals surface area contributed by atoms with Crippen molar-refractivity contribution in [1.29, 1.82) is 5.26 Å². The summed E-state index contributed by atoms with van der Waals surface area (Å²) in [6.07, 6.45) is 5.82. The number of fused-ring (bicyclic) bond motifs is 1. The number of nitriles is 1. The molecule has 0 spiro atoms. The summed E-state index contributed by atoms with van der Waals surface area (Å²) in [5.74, 6) is 1.10. The van der Waals surface area contributed by atoms with Gasteiger partial charge in [-0.3, -0.25) is 0 Å². The fraction of sp³-hybridized carbons (Fsp3) is 0.405. The van der Waals surface area contributed by atoms with E-state index >= 15 is 0 Å². The molecule has 2 aromatic heterocycles. The Kier molecular flexibility index (Phi) is 9.28. The molecule has 244 valence electrons. The predicted molar refractivity (Wildman–Crippen MR) is 177 cm³/mol. The summed E-state index contributed by atoms with van der Waals surface area (Å²) >= 11 is 0. The van der Waals surface area contributed by atoms with Gasteiger partial charge in [-0.2, -0.15) is 10.2 Å². The van der Waals surface area contributed by atoms with Crippen LogP contribution in [0.25, 0.3) is 0 Å². The van der Waals surface area contributed by atoms with Crippen LogP contribution < -0.4 is 14.5 Å². The van der Waals surface area contributed by atoms with Crippen molar-refractivity contribution in [3.05, 3.63) is 101 Å². The minimum atomic E-state index is -0.611. The Hall–Kier alpha value is -4.75. The largest absolute Gasteiger partial charge is 0.473 e. The SMILES string of the molecule is C=C1Cc2ccc(C(=O)OC(C)(C)C)nc2N(C[C@@H]2CCO2)C1C=C1CCN(c2cccc(OCc3ccc(C#N)cc3F)n2)CC1. The summed E-state index contributed by atoms with van der Waals surface area (Å²) in [5, 5.41) is 8.98. The van der Waals surface area contributed by atoms with Gasteiger partial charge in [-0.25, -0.2) is 14.2 Å².